The van der Waals surface area contributed by atoms with Crippen molar-refractivity contribution in [2.75, 3.05) is 0 Å². The summed E-state index contributed by atoms with van der Waals surface area (Å²) in [5.41, 5.74) is 11.5. The van der Waals surface area contributed by atoms with E-state index in [0.717, 1.165) is 82.2 Å². The molecule has 6 nitrogen and oxygen atoms in total. The third kappa shape index (κ3) is 5.52. The predicted molar refractivity (Wildman–Crippen MR) is 199 cm³/mol. The number of hydrogen-bond donors (Lipinski definition) is 0. The van der Waals surface area contributed by atoms with Crippen LogP contribution in [-0.4, -0.2) is 29.9 Å². The first kappa shape index (κ1) is 28.8. The van der Waals surface area contributed by atoms with Crippen LogP contribution in [0.1, 0.15) is 0 Å². The quantitative estimate of drug-likeness (QED) is 0.179. The second kappa shape index (κ2) is 12.3. The predicted octanol–water partition coefficient (Wildman–Crippen LogP) is 10.4. The van der Waals surface area contributed by atoms with Crippen molar-refractivity contribution >= 4 is 31.8 Å². The van der Waals surface area contributed by atoms with Gasteiger partial charge in [0.05, 0.1) is 33.0 Å². The van der Waals surface area contributed by atoms with Crippen LogP contribution in [0.15, 0.2) is 158 Å². The van der Waals surface area contributed by atoms with Gasteiger partial charge in [-0.15, -0.1) is 11.3 Å². The Labute approximate surface area is 286 Å². The zero-order valence-electron chi connectivity index (χ0n) is 26.1. The lowest BCUT2D eigenvalue weighted by molar-refractivity contribution is 1.23. The minimum atomic E-state index is 0.669. The zero-order valence-corrected chi connectivity index (χ0v) is 26.9. The van der Waals surface area contributed by atoms with Crippen LogP contribution in [-0.2, 0) is 0 Å². The van der Waals surface area contributed by atoms with Crippen molar-refractivity contribution < 1.29 is 0 Å². The zero-order chi connectivity index (χ0) is 32.6. The van der Waals surface area contributed by atoms with Crippen LogP contribution in [0.3, 0.4) is 0 Å². The van der Waals surface area contributed by atoms with Crippen LogP contribution in [0.5, 0.6) is 0 Å². The molecule has 0 radical (unpaired) electrons. The average Bonchev–Trinajstić information content (AvgIpc) is 3.57. The molecule has 230 valence electrons. The number of rotatable bonds is 6. The molecule has 9 aromatic rings. The van der Waals surface area contributed by atoms with Crippen LogP contribution in [0.25, 0.3) is 88.0 Å². The molecule has 3 aromatic carbocycles. The van der Waals surface area contributed by atoms with Gasteiger partial charge in [0.2, 0.25) is 0 Å². The molecule has 0 amide bonds. The molecule has 0 aliphatic heterocycles. The third-order valence-electron chi connectivity index (χ3n) is 8.51. The van der Waals surface area contributed by atoms with Crippen molar-refractivity contribution in [2.45, 2.75) is 0 Å². The maximum Gasteiger partial charge on any atom is 0.160 e. The fourth-order valence-corrected chi connectivity index (χ4v) is 7.13. The van der Waals surface area contributed by atoms with Crippen LogP contribution in [0.2, 0.25) is 0 Å². The van der Waals surface area contributed by atoms with Crippen LogP contribution >= 0.6 is 11.3 Å². The van der Waals surface area contributed by atoms with Gasteiger partial charge in [0.15, 0.2) is 5.82 Å². The van der Waals surface area contributed by atoms with Crippen LogP contribution in [0, 0.1) is 0 Å². The first-order chi connectivity index (χ1) is 24.3. The summed E-state index contributed by atoms with van der Waals surface area (Å²) in [6.45, 7) is 0. The molecule has 0 aliphatic rings. The summed E-state index contributed by atoms with van der Waals surface area (Å²) in [5, 5.41) is 1.03. The van der Waals surface area contributed by atoms with Gasteiger partial charge in [0.1, 0.15) is 4.83 Å². The fourth-order valence-electron chi connectivity index (χ4n) is 6.06. The number of fused-ring (bicyclic) bond motifs is 3. The highest BCUT2D eigenvalue weighted by molar-refractivity contribution is 7.25. The Morgan fingerprint density at radius 2 is 1.14 bits per heavy atom. The fraction of sp³-hybridized carbons (Fsp3) is 0. The molecule has 6 aromatic heterocycles. The van der Waals surface area contributed by atoms with E-state index in [2.05, 4.69) is 76.7 Å². The molecule has 0 spiro atoms. The molecule has 6 heterocycles. The van der Waals surface area contributed by atoms with Crippen molar-refractivity contribution in [3.05, 3.63) is 158 Å². The summed E-state index contributed by atoms with van der Waals surface area (Å²) in [7, 11) is 0. The lowest BCUT2D eigenvalue weighted by atomic mass is 10.0. The summed E-state index contributed by atoms with van der Waals surface area (Å²) >= 11 is 1.64. The smallest absolute Gasteiger partial charge is 0.160 e. The van der Waals surface area contributed by atoms with Gasteiger partial charge in [-0.05, 0) is 59.2 Å². The van der Waals surface area contributed by atoms with Gasteiger partial charge in [-0.1, -0.05) is 91.0 Å². The van der Waals surface area contributed by atoms with Gasteiger partial charge in [0.25, 0.3) is 0 Å². The summed E-state index contributed by atoms with van der Waals surface area (Å²) in [4.78, 5) is 30.0. The molecule has 0 N–H and O–H groups in total. The lowest BCUT2D eigenvalue weighted by Gasteiger charge is -2.11. The van der Waals surface area contributed by atoms with E-state index in [1.54, 1.807) is 23.7 Å². The number of benzene rings is 3. The van der Waals surface area contributed by atoms with E-state index in [1.165, 1.54) is 0 Å². The SMILES string of the molecule is c1ccc(-c2cnc3sc4c(-c5ccccc5)nc(-c5ccc(-c6cc(-c7cccnc7)nc(-c7ccccn7)c6)cc5)nc4c3c2)cc1. The highest BCUT2D eigenvalue weighted by Crippen LogP contribution is 2.40. The molecular weight excluding hydrogens is 621 g/mol. The van der Waals surface area contributed by atoms with Gasteiger partial charge in [-0.25, -0.2) is 19.9 Å². The molecule has 0 aliphatic carbocycles. The molecule has 49 heavy (non-hydrogen) atoms. The molecule has 0 atom stereocenters. The number of nitrogens with zero attached hydrogens (tertiary/aromatic N) is 6. The Morgan fingerprint density at radius 1 is 0.429 bits per heavy atom. The highest BCUT2D eigenvalue weighted by Gasteiger charge is 2.18. The van der Waals surface area contributed by atoms with Crippen LogP contribution in [0.4, 0.5) is 0 Å². The van der Waals surface area contributed by atoms with Gasteiger partial charge < -0.3 is 0 Å². The third-order valence-corrected chi connectivity index (χ3v) is 9.62. The monoisotopic (exact) mass is 646 g/mol. The van der Waals surface area contributed by atoms with E-state index in [-0.39, 0.29) is 0 Å². The number of thiophene rings is 1. The van der Waals surface area contributed by atoms with Gasteiger partial charge >= 0.3 is 0 Å². The van der Waals surface area contributed by atoms with Gasteiger partial charge in [-0.3, -0.25) is 9.97 Å². The Morgan fingerprint density at radius 3 is 1.90 bits per heavy atom. The molecule has 7 heteroatoms. The molecule has 9 rings (SSSR count). The molecule has 0 saturated heterocycles. The molecule has 0 saturated carbocycles. The van der Waals surface area contributed by atoms with E-state index >= 15 is 0 Å². The Kier molecular flexibility index (Phi) is 7.22. The van der Waals surface area contributed by atoms with Crippen molar-refractivity contribution in [2.24, 2.45) is 0 Å². The normalized spacial score (nSPS) is 11.3. The summed E-state index contributed by atoms with van der Waals surface area (Å²) in [6.07, 6.45) is 7.34. The Balaban J connectivity index is 1.17. The number of hydrogen-bond acceptors (Lipinski definition) is 7. The topological polar surface area (TPSA) is 77.3 Å². The van der Waals surface area contributed by atoms with E-state index < -0.39 is 0 Å². The molecule has 0 fully saturated rings. The van der Waals surface area contributed by atoms with Crippen molar-refractivity contribution in [1.29, 1.82) is 0 Å². The van der Waals surface area contributed by atoms with E-state index in [9.17, 15) is 0 Å². The van der Waals surface area contributed by atoms with E-state index in [0.29, 0.717) is 5.82 Å². The van der Waals surface area contributed by atoms with E-state index in [1.807, 2.05) is 79.1 Å². The summed E-state index contributed by atoms with van der Waals surface area (Å²) in [6, 6.07) is 45.3. The molecule has 0 bridgehead atoms. The second-order valence-corrected chi connectivity index (χ2v) is 12.6. The first-order valence-electron chi connectivity index (χ1n) is 15.9. The minimum Gasteiger partial charge on any atom is -0.264 e. The van der Waals surface area contributed by atoms with Crippen LogP contribution < -0.4 is 0 Å². The molecular formula is C42H26N6S. The van der Waals surface area contributed by atoms with Crippen molar-refractivity contribution in [3.63, 3.8) is 0 Å². The maximum absolute atomic E-state index is 5.20. The second-order valence-electron chi connectivity index (χ2n) is 11.6. The highest BCUT2D eigenvalue weighted by atomic mass is 32.1. The number of aromatic nitrogens is 6. The summed E-state index contributed by atoms with van der Waals surface area (Å²) in [5.74, 6) is 0.669. The Bertz CT molecular complexity index is 2510. The first-order valence-corrected chi connectivity index (χ1v) is 16.7. The van der Waals surface area contributed by atoms with Crippen molar-refractivity contribution in [1.82, 2.24) is 29.9 Å². The van der Waals surface area contributed by atoms with E-state index in [4.69, 9.17) is 19.9 Å². The van der Waals surface area contributed by atoms with Gasteiger partial charge in [-0.2, -0.15) is 0 Å². The lowest BCUT2D eigenvalue weighted by Crippen LogP contribution is -1.94. The average molecular weight is 647 g/mol. The standard InChI is InChI=1S/C42H26N6S/c1-3-10-27(11-4-1)33-22-34-39-40(49-42(34)45-26-33)38(29-12-5-2-6-13-29)47-41(48-39)30-18-16-28(17-19-30)32-23-36(31-14-9-20-43-25-31)46-37(24-32)35-15-7-8-21-44-35/h1-26H. The van der Waals surface area contributed by atoms with Gasteiger partial charge in [0, 0.05) is 52.4 Å². The largest absolute Gasteiger partial charge is 0.264 e. The Hall–Kier alpha value is -6.44. The maximum atomic E-state index is 5.20. The number of pyridine rings is 4. The van der Waals surface area contributed by atoms with Crippen molar-refractivity contribution in [3.8, 4) is 67.5 Å². The molecule has 0 unspecified atom stereocenters. The minimum absolute atomic E-state index is 0.669. The summed E-state index contributed by atoms with van der Waals surface area (Å²) < 4.78 is 1.03.